The Morgan fingerprint density at radius 2 is 1.87 bits per heavy atom. The molecule has 0 bridgehead atoms. The van der Waals surface area contributed by atoms with Crippen molar-refractivity contribution in [1.82, 2.24) is 35.0 Å². The number of likely N-dealkylation sites (tertiary alicyclic amines) is 1. The molecule has 0 saturated carbocycles. The van der Waals surface area contributed by atoms with Gasteiger partial charge in [0.2, 0.25) is 0 Å². The van der Waals surface area contributed by atoms with Crippen molar-refractivity contribution in [2.75, 3.05) is 13.1 Å². The van der Waals surface area contributed by atoms with E-state index in [0.717, 1.165) is 29.1 Å². The molecular formula is C27H29N7O4S. The minimum atomic E-state index is -0.808. The molecule has 1 aromatic carbocycles. The molecule has 5 rings (SSSR count). The van der Waals surface area contributed by atoms with Gasteiger partial charge in [-0.1, -0.05) is 30.3 Å². The van der Waals surface area contributed by atoms with Crippen molar-refractivity contribution in [3.63, 3.8) is 0 Å². The summed E-state index contributed by atoms with van der Waals surface area (Å²) >= 11 is 1.41. The number of hydrogen-bond donors (Lipinski definition) is 1. The number of carbonyl (C=O) groups is 3. The minimum absolute atomic E-state index is 0.136. The Bertz CT molecular complexity index is 1510. The van der Waals surface area contributed by atoms with Crippen LogP contribution in [0.5, 0.6) is 0 Å². The number of benzene rings is 1. The molecule has 39 heavy (non-hydrogen) atoms. The number of nitrogens with one attached hydrogen (secondary N) is 1. The van der Waals surface area contributed by atoms with Crippen molar-refractivity contribution >= 4 is 34.8 Å². The molecule has 1 aliphatic heterocycles. The van der Waals surface area contributed by atoms with Gasteiger partial charge in [-0.3, -0.25) is 9.59 Å². The fourth-order valence-corrected chi connectivity index (χ4v) is 5.49. The highest BCUT2D eigenvalue weighted by Gasteiger charge is 2.29. The van der Waals surface area contributed by atoms with Crippen LogP contribution in [-0.2, 0) is 16.1 Å². The van der Waals surface area contributed by atoms with Crippen LogP contribution in [-0.4, -0.2) is 66.6 Å². The molecule has 3 aromatic heterocycles. The largest absolute Gasteiger partial charge is 0.459 e. The number of hydrogen-bond acceptors (Lipinski definition) is 9. The highest BCUT2D eigenvalue weighted by Crippen LogP contribution is 2.31. The average Bonchev–Trinajstić information content (AvgIpc) is 3.59. The van der Waals surface area contributed by atoms with E-state index in [0.29, 0.717) is 30.1 Å². The van der Waals surface area contributed by atoms with Crippen LogP contribution in [0.25, 0.3) is 5.65 Å². The SMILES string of the molecule is Cc1cc2nnc(C(=O)N3CCC(c4nc(C(=O)NC(C)C(=O)OCc5ccccc5)cs4)CC3)c(C)n2n1. The van der Waals surface area contributed by atoms with Gasteiger partial charge in [-0.25, -0.2) is 14.3 Å². The highest BCUT2D eigenvalue weighted by atomic mass is 32.1. The quantitative estimate of drug-likeness (QED) is 0.349. The summed E-state index contributed by atoms with van der Waals surface area (Å²) in [5, 5.41) is 17.9. The number of aryl methyl sites for hydroxylation is 2. The molecule has 12 heteroatoms. The number of aromatic nitrogens is 5. The topological polar surface area (TPSA) is 132 Å². The van der Waals surface area contributed by atoms with Crippen LogP contribution in [0.1, 0.15) is 68.6 Å². The smallest absolute Gasteiger partial charge is 0.328 e. The summed E-state index contributed by atoms with van der Waals surface area (Å²) < 4.78 is 6.95. The van der Waals surface area contributed by atoms with Crippen LogP contribution in [0.4, 0.5) is 0 Å². The second kappa shape index (κ2) is 11.3. The summed E-state index contributed by atoms with van der Waals surface area (Å²) in [6.45, 7) is 6.52. The average molecular weight is 548 g/mol. The lowest BCUT2D eigenvalue weighted by Crippen LogP contribution is -2.40. The molecule has 0 radical (unpaired) electrons. The number of nitrogens with zero attached hydrogens (tertiary/aromatic N) is 6. The standard InChI is InChI=1S/C27H29N7O4S/c1-16-13-22-30-31-23(18(3)34(22)32-16)26(36)33-11-9-20(10-12-33)25-29-21(15-39-25)24(35)28-17(2)27(37)38-14-19-7-5-4-6-8-19/h4-8,13,15,17,20H,9-12,14H2,1-3H3,(H,28,35). The highest BCUT2D eigenvalue weighted by molar-refractivity contribution is 7.09. The van der Waals surface area contributed by atoms with E-state index in [9.17, 15) is 14.4 Å². The van der Waals surface area contributed by atoms with Crippen molar-refractivity contribution in [3.05, 3.63) is 75.1 Å². The Balaban J connectivity index is 1.14. The van der Waals surface area contributed by atoms with E-state index in [-0.39, 0.29) is 24.1 Å². The van der Waals surface area contributed by atoms with Crippen molar-refractivity contribution < 1.29 is 19.1 Å². The van der Waals surface area contributed by atoms with E-state index in [1.807, 2.05) is 50.2 Å². The maximum absolute atomic E-state index is 13.2. The second-order valence-corrected chi connectivity index (χ2v) is 10.5. The maximum atomic E-state index is 13.2. The van der Waals surface area contributed by atoms with Crippen LogP contribution in [0, 0.1) is 13.8 Å². The van der Waals surface area contributed by atoms with Crippen LogP contribution in [0.15, 0.2) is 41.8 Å². The molecule has 4 heterocycles. The lowest BCUT2D eigenvalue weighted by atomic mass is 9.97. The first-order chi connectivity index (χ1) is 18.8. The van der Waals surface area contributed by atoms with Gasteiger partial charge < -0.3 is 15.0 Å². The molecule has 0 aliphatic carbocycles. The summed E-state index contributed by atoms with van der Waals surface area (Å²) in [5.74, 6) is -0.966. The van der Waals surface area contributed by atoms with Gasteiger partial charge in [0.05, 0.1) is 16.4 Å². The first-order valence-electron chi connectivity index (χ1n) is 12.8. The van der Waals surface area contributed by atoms with Crippen molar-refractivity contribution in [3.8, 4) is 0 Å². The number of ether oxygens (including phenoxy) is 1. The number of fused-ring (bicyclic) bond motifs is 1. The number of esters is 1. The Labute approximate surface area is 229 Å². The maximum Gasteiger partial charge on any atom is 0.328 e. The molecule has 1 atom stereocenters. The van der Waals surface area contributed by atoms with Gasteiger partial charge >= 0.3 is 5.97 Å². The van der Waals surface area contributed by atoms with E-state index in [1.54, 1.807) is 21.7 Å². The van der Waals surface area contributed by atoms with Crippen LogP contribution in [0.2, 0.25) is 0 Å². The predicted molar refractivity (Wildman–Crippen MR) is 143 cm³/mol. The van der Waals surface area contributed by atoms with Crippen molar-refractivity contribution in [1.29, 1.82) is 0 Å². The first-order valence-corrected chi connectivity index (χ1v) is 13.6. The predicted octanol–water partition coefficient (Wildman–Crippen LogP) is 3.08. The van der Waals surface area contributed by atoms with Gasteiger partial charge in [-0.2, -0.15) is 5.10 Å². The Hall–Kier alpha value is -4.19. The van der Waals surface area contributed by atoms with Crippen LogP contribution >= 0.6 is 11.3 Å². The van der Waals surface area contributed by atoms with E-state index < -0.39 is 17.9 Å². The van der Waals surface area contributed by atoms with E-state index in [4.69, 9.17) is 4.74 Å². The zero-order valence-corrected chi connectivity index (χ0v) is 22.8. The number of carbonyl (C=O) groups excluding carboxylic acids is 3. The van der Waals surface area contributed by atoms with E-state index in [1.165, 1.54) is 11.3 Å². The van der Waals surface area contributed by atoms with Crippen LogP contribution < -0.4 is 5.32 Å². The molecule has 1 N–H and O–H groups in total. The summed E-state index contributed by atoms with van der Waals surface area (Å²) in [7, 11) is 0. The fraction of sp³-hybridized carbons (Fsp3) is 0.370. The third kappa shape index (κ3) is 5.80. The Morgan fingerprint density at radius 3 is 2.62 bits per heavy atom. The van der Waals surface area contributed by atoms with E-state index in [2.05, 4.69) is 25.6 Å². The molecule has 2 amide bonds. The third-order valence-corrected chi connectivity index (χ3v) is 7.75. The number of piperidine rings is 1. The third-order valence-electron chi connectivity index (χ3n) is 6.74. The Morgan fingerprint density at radius 1 is 1.13 bits per heavy atom. The molecule has 4 aromatic rings. The molecule has 1 aliphatic rings. The summed E-state index contributed by atoms with van der Waals surface area (Å²) in [4.78, 5) is 44.5. The fourth-order valence-electron chi connectivity index (χ4n) is 4.52. The summed E-state index contributed by atoms with van der Waals surface area (Å²) in [5.41, 5.74) is 3.53. The number of thiazole rings is 1. The van der Waals surface area contributed by atoms with Gasteiger partial charge in [0.1, 0.15) is 18.3 Å². The second-order valence-electron chi connectivity index (χ2n) is 9.62. The van der Waals surface area contributed by atoms with Gasteiger partial charge in [0.15, 0.2) is 11.3 Å². The molecular weight excluding hydrogens is 518 g/mol. The molecule has 202 valence electrons. The monoisotopic (exact) mass is 547 g/mol. The van der Waals surface area contributed by atoms with Gasteiger partial charge in [0.25, 0.3) is 11.8 Å². The first kappa shape index (κ1) is 26.4. The van der Waals surface area contributed by atoms with Crippen LogP contribution in [0.3, 0.4) is 0 Å². The molecule has 0 spiro atoms. The Kier molecular flexibility index (Phi) is 7.64. The summed E-state index contributed by atoms with van der Waals surface area (Å²) in [6.07, 6.45) is 1.44. The van der Waals surface area contributed by atoms with Gasteiger partial charge in [-0.05, 0) is 39.2 Å². The lowest BCUT2D eigenvalue weighted by molar-refractivity contribution is -0.146. The normalized spacial score (nSPS) is 14.8. The van der Waals surface area contributed by atoms with Crippen molar-refractivity contribution in [2.45, 2.75) is 52.2 Å². The summed E-state index contributed by atoms with van der Waals surface area (Å²) in [6, 6.07) is 10.4. The van der Waals surface area contributed by atoms with Crippen molar-refractivity contribution in [2.24, 2.45) is 0 Å². The van der Waals surface area contributed by atoms with E-state index >= 15 is 0 Å². The molecule has 1 saturated heterocycles. The molecule has 11 nitrogen and oxygen atoms in total. The molecule has 1 unspecified atom stereocenters. The number of amides is 2. The minimum Gasteiger partial charge on any atom is -0.459 e. The zero-order chi connectivity index (χ0) is 27.5. The zero-order valence-electron chi connectivity index (χ0n) is 22.0. The molecule has 1 fully saturated rings. The lowest BCUT2D eigenvalue weighted by Gasteiger charge is -2.31. The van der Waals surface area contributed by atoms with Gasteiger partial charge in [0, 0.05) is 30.5 Å². The number of rotatable bonds is 7. The van der Waals surface area contributed by atoms with Gasteiger partial charge in [-0.15, -0.1) is 21.5 Å².